The Balaban J connectivity index is 1.75. The predicted molar refractivity (Wildman–Crippen MR) is 101 cm³/mol. The predicted octanol–water partition coefficient (Wildman–Crippen LogP) is 1.17. The number of carbonyl (C=O) groups excluding carboxylic acids is 2. The van der Waals surface area contributed by atoms with Gasteiger partial charge in [-0.3, -0.25) is 9.79 Å². The fraction of sp³-hybridized carbons (Fsp3) is 0.833. The molecule has 0 spiro atoms. The van der Waals surface area contributed by atoms with Gasteiger partial charge in [0, 0.05) is 45.2 Å². The molecular formula is C18H33N5O3. The Morgan fingerprint density at radius 3 is 2.38 bits per heavy atom. The van der Waals surface area contributed by atoms with Gasteiger partial charge in [0.25, 0.3) is 0 Å². The number of aliphatic imine (C=N–C) groups is 1. The van der Waals surface area contributed by atoms with Crippen LogP contribution in [-0.2, 0) is 9.53 Å². The number of nitrogens with zero attached hydrogens (tertiary/aromatic N) is 3. The first-order valence-corrected chi connectivity index (χ1v) is 9.88. The molecule has 2 amide bonds. The molecule has 0 saturated carbocycles. The van der Waals surface area contributed by atoms with Crippen molar-refractivity contribution in [1.82, 2.24) is 20.4 Å². The largest absolute Gasteiger partial charge is 0.450 e. The van der Waals surface area contributed by atoms with E-state index >= 15 is 0 Å². The van der Waals surface area contributed by atoms with E-state index in [0.29, 0.717) is 32.7 Å². The minimum absolute atomic E-state index is 0.199. The molecule has 26 heavy (non-hydrogen) atoms. The average Bonchev–Trinajstić information content (AvgIpc) is 3.17. The standard InChI is InChI=1S/C18H33N5O3/c1-3-19-17(20-10-7-16(24)22-11-5-6-12-22)21-15-8-13-23(14-9-15)18(25)26-4-2/h15H,3-14H2,1-2H3,(H2,19,20,21). The van der Waals surface area contributed by atoms with E-state index in [1.807, 2.05) is 18.7 Å². The quantitative estimate of drug-likeness (QED) is 0.544. The Kier molecular flexibility index (Phi) is 8.50. The number of guanidine groups is 1. The summed E-state index contributed by atoms with van der Waals surface area (Å²) < 4.78 is 5.05. The summed E-state index contributed by atoms with van der Waals surface area (Å²) in [4.78, 5) is 32.1. The van der Waals surface area contributed by atoms with Gasteiger partial charge in [-0.05, 0) is 39.5 Å². The van der Waals surface area contributed by atoms with Gasteiger partial charge in [0.2, 0.25) is 5.91 Å². The number of hydrogen-bond acceptors (Lipinski definition) is 4. The zero-order valence-corrected chi connectivity index (χ0v) is 16.1. The number of rotatable bonds is 6. The van der Waals surface area contributed by atoms with Crippen LogP contribution in [0.1, 0.15) is 46.0 Å². The molecule has 2 aliphatic heterocycles. The monoisotopic (exact) mass is 367 g/mol. The van der Waals surface area contributed by atoms with Crippen LogP contribution in [0.15, 0.2) is 4.99 Å². The second-order valence-electron chi connectivity index (χ2n) is 6.70. The van der Waals surface area contributed by atoms with E-state index < -0.39 is 0 Å². The van der Waals surface area contributed by atoms with Crippen molar-refractivity contribution in [3.05, 3.63) is 0 Å². The number of likely N-dealkylation sites (tertiary alicyclic amines) is 2. The number of piperidine rings is 1. The summed E-state index contributed by atoms with van der Waals surface area (Å²) in [6.07, 6.45) is 4.17. The van der Waals surface area contributed by atoms with Crippen molar-refractivity contribution < 1.29 is 14.3 Å². The van der Waals surface area contributed by atoms with Gasteiger partial charge >= 0.3 is 6.09 Å². The van der Waals surface area contributed by atoms with Gasteiger partial charge in [-0.2, -0.15) is 0 Å². The van der Waals surface area contributed by atoms with E-state index in [2.05, 4.69) is 15.6 Å². The van der Waals surface area contributed by atoms with Gasteiger partial charge in [0.15, 0.2) is 5.96 Å². The summed E-state index contributed by atoms with van der Waals surface area (Å²) in [7, 11) is 0. The summed E-state index contributed by atoms with van der Waals surface area (Å²) >= 11 is 0. The van der Waals surface area contributed by atoms with Crippen molar-refractivity contribution in [2.75, 3.05) is 45.9 Å². The molecule has 0 aliphatic carbocycles. The third-order valence-electron chi connectivity index (χ3n) is 4.76. The number of nitrogens with one attached hydrogen (secondary N) is 2. The maximum absolute atomic E-state index is 12.1. The van der Waals surface area contributed by atoms with Crippen LogP contribution in [0.25, 0.3) is 0 Å². The first-order chi connectivity index (χ1) is 12.6. The van der Waals surface area contributed by atoms with Crippen molar-refractivity contribution in [3.63, 3.8) is 0 Å². The van der Waals surface area contributed by atoms with Crippen LogP contribution >= 0.6 is 0 Å². The maximum Gasteiger partial charge on any atom is 0.409 e. The normalized spacial score (nSPS) is 18.8. The highest BCUT2D eigenvalue weighted by Crippen LogP contribution is 2.12. The number of hydrogen-bond donors (Lipinski definition) is 2. The molecule has 2 fully saturated rings. The van der Waals surface area contributed by atoms with Crippen LogP contribution in [-0.4, -0.2) is 79.7 Å². The molecule has 2 aliphatic rings. The number of carbonyl (C=O) groups is 2. The molecule has 2 saturated heterocycles. The Hall–Kier alpha value is -1.99. The molecule has 2 N–H and O–H groups in total. The smallest absolute Gasteiger partial charge is 0.409 e. The minimum atomic E-state index is -0.230. The SMILES string of the molecule is CCNC(=NCCC(=O)N1CCCC1)NC1CCN(C(=O)OCC)CC1. The molecule has 148 valence electrons. The van der Waals surface area contributed by atoms with E-state index in [1.54, 1.807) is 4.90 Å². The zero-order chi connectivity index (χ0) is 18.8. The van der Waals surface area contributed by atoms with E-state index in [9.17, 15) is 9.59 Å². The molecule has 0 aromatic rings. The number of amides is 2. The van der Waals surface area contributed by atoms with Gasteiger partial charge in [-0.1, -0.05) is 0 Å². The minimum Gasteiger partial charge on any atom is -0.450 e. The Morgan fingerprint density at radius 1 is 1.08 bits per heavy atom. The molecule has 0 unspecified atom stereocenters. The Bertz CT molecular complexity index is 483. The summed E-state index contributed by atoms with van der Waals surface area (Å²) in [6.45, 7) is 8.66. The zero-order valence-electron chi connectivity index (χ0n) is 16.1. The molecule has 0 radical (unpaired) electrons. The number of ether oxygens (including phenoxy) is 1. The van der Waals surface area contributed by atoms with Crippen LogP contribution in [0.3, 0.4) is 0 Å². The van der Waals surface area contributed by atoms with E-state index in [0.717, 1.165) is 51.3 Å². The van der Waals surface area contributed by atoms with Crippen LogP contribution in [0.4, 0.5) is 4.79 Å². The molecule has 0 bridgehead atoms. The summed E-state index contributed by atoms with van der Waals surface area (Å²) in [5.41, 5.74) is 0. The van der Waals surface area contributed by atoms with Crippen LogP contribution < -0.4 is 10.6 Å². The highest BCUT2D eigenvalue weighted by Gasteiger charge is 2.24. The molecule has 0 aromatic carbocycles. The van der Waals surface area contributed by atoms with E-state index in [-0.39, 0.29) is 18.0 Å². The summed E-state index contributed by atoms with van der Waals surface area (Å²) in [5, 5.41) is 6.66. The van der Waals surface area contributed by atoms with Crippen molar-refractivity contribution in [3.8, 4) is 0 Å². The van der Waals surface area contributed by atoms with Gasteiger partial charge in [0.05, 0.1) is 13.2 Å². The molecule has 8 heteroatoms. The molecule has 0 aromatic heterocycles. The maximum atomic E-state index is 12.1. The topological polar surface area (TPSA) is 86.3 Å². The lowest BCUT2D eigenvalue weighted by atomic mass is 10.1. The Morgan fingerprint density at radius 2 is 1.77 bits per heavy atom. The first kappa shape index (κ1) is 20.3. The highest BCUT2D eigenvalue weighted by atomic mass is 16.6. The summed E-state index contributed by atoms with van der Waals surface area (Å²) in [6, 6.07) is 0.271. The highest BCUT2D eigenvalue weighted by molar-refractivity contribution is 5.81. The van der Waals surface area contributed by atoms with Crippen LogP contribution in [0.2, 0.25) is 0 Å². The molecule has 2 rings (SSSR count). The molecule has 0 atom stereocenters. The van der Waals surface area contributed by atoms with Crippen molar-refractivity contribution in [2.45, 2.75) is 52.0 Å². The average molecular weight is 367 g/mol. The third-order valence-corrected chi connectivity index (χ3v) is 4.76. The lowest BCUT2D eigenvalue weighted by Gasteiger charge is -2.32. The van der Waals surface area contributed by atoms with E-state index in [4.69, 9.17) is 4.74 Å². The van der Waals surface area contributed by atoms with Gasteiger partial charge in [-0.25, -0.2) is 4.79 Å². The van der Waals surface area contributed by atoms with Crippen molar-refractivity contribution in [2.24, 2.45) is 4.99 Å². The van der Waals surface area contributed by atoms with Gasteiger partial charge in [-0.15, -0.1) is 0 Å². The van der Waals surface area contributed by atoms with E-state index in [1.165, 1.54) is 0 Å². The van der Waals surface area contributed by atoms with Crippen LogP contribution in [0.5, 0.6) is 0 Å². The molecule has 8 nitrogen and oxygen atoms in total. The first-order valence-electron chi connectivity index (χ1n) is 9.88. The third kappa shape index (κ3) is 6.38. The molecular weight excluding hydrogens is 334 g/mol. The Labute approximate surface area is 156 Å². The lowest BCUT2D eigenvalue weighted by molar-refractivity contribution is -0.129. The van der Waals surface area contributed by atoms with Crippen LogP contribution in [0, 0.1) is 0 Å². The van der Waals surface area contributed by atoms with Gasteiger partial charge < -0.3 is 25.2 Å². The lowest BCUT2D eigenvalue weighted by Crippen LogP contribution is -2.50. The molecule has 2 heterocycles. The fourth-order valence-electron chi connectivity index (χ4n) is 3.32. The fourth-order valence-corrected chi connectivity index (χ4v) is 3.32. The second kappa shape index (κ2) is 10.9. The summed E-state index contributed by atoms with van der Waals surface area (Å²) in [5.74, 6) is 0.946. The van der Waals surface area contributed by atoms with Gasteiger partial charge in [0.1, 0.15) is 0 Å². The van der Waals surface area contributed by atoms with Crippen molar-refractivity contribution >= 4 is 18.0 Å². The second-order valence-corrected chi connectivity index (χ2v) is 6.70. The van der Waals surface area contributed by atoms with Crippen molar-refractivity contribution in [1.29, 1.82) is 0 Å².